The van der Waals surface area contributed by atoms with Crippen LogP contribution in [0, 0.1) is 0 Å². The van der Waals surface area contributed by atoms with Crippen LogP contribution >= 0.6 is 0 Å². The van der Waals surface area contributed by atoms with Gasteiger partial charge in [-0.25, -0.2) is 4.79 Å². The molecule has 0 spiro atoms. The molecule has 1 unspecified atom stereocenters. The van der Waals surface area contributed by atoms with Gasteiger partial charge in [-0.05, 0) is 37.6 Å². The lowest BCUT2D eigenvalue weighted by Gasteiger charge is -2.17. The fourth-order valence-corrected chi connectivity index (χ4v) is 1.94. The molecule has 0 saturated heterocycles. The monoisotopic (exact) mass is 265 g/mol. The maximum Gasteiger partial charge on any atom is 0.327 e. The van der Waals surface area contributed by atoms with Crippen molar-refractivity contribution >= 4 is 5.97 Å². The normalized spacial score (nSPS) is 14.2. The van der Waals surface area contributed by atoms with Crippen molar-refractivity contribution in [1.29, 1.82) is 0 Å². The first-order chi connectivity index (χ1) is 9.26. The second-order valence-electron chi connectivity index (χ2n) is 4.25. The van der Waals surface area contributed by atoms with Gasteiger partial charge in [0.05, 0.1) is 6.61 Å². The molecule has 19 heavy (non-hydrogen) atoms. The highest BCUT2D eigenvalue weighted by molar-refractivity contribution is 5.78. The molecule has 0 aliphatic carbocycles. The van der Waals surface area contributed by atoms with E-state index in [-0.39, 0.29) is 12.8 Å². The molecule has 1 aliphatic rings. The first-order valence-electron chi connectivity index (χ1n) is 6.55. The van der Waals surface area contributed by atoms with Crippen molar-refractivity contribution in [2.45, 2.75) is 26.3 Å². The number of carbonyl (C=O) groups excluding carboxylic acids is 1. The molecule has 1 aromatic carbocycles. The number of carbonyl (C=O) groups is 1. The van der Waals surface area contributed by atoms with Gasteiger partial charge >= 0.3 is 5.97 Å². The Balaban J connectivity index is 2.19. The van der Waals surface area contributed by atoms with Crippen molar-refractivity contribution < 1.29 is 19.0 Å². The summed E-state index contributed by atoms with van der Waals surface area (Å²) in [6.07, 6.45) is 0.945. The van der Waals surface area contributed by atoms with Crippen LogP contribution in [0.2, 0.25) is 0 Å². The second kappa shape index (κ2) is 6.43. The molecule has 104 valence electrons. The minimum atomic E-state index is -0.464. The van der Waals surface area contributed by atoms with Gasteiger partial charge in [-0.15, -0.1) is 0 Å². The van der Waals surface area contributed by atoms with Crippen LogP contribution < -0.4 is 14.8 Å². The topological polar surface area (TPSA) is 56.8 Å². The summed E-state index contributed by atoms with van der Waals surface area (Å²) in [5, 5.41) is 3.19. The van der Waals surface area contributed by atoms with Gasteiger partial charge in [-0.3, -0.25) is 0 Å². The van der Waals surface area contributed by atoms with E-state index in [0.717, 1.165) is 18.5 Å². The molecule has 1 aromatic rings. The number of benzene rings is 1. The number of hydrogen-bond acceptors (Lipinski definition) is 5. The summed E-state index contributed by atoms with van der Waals surface area (Å²) in [6, 6.07) is 5.04. The van der Waals surface area contributed by atoms with E-state index in [4.69, 9.17) is 14.2 Å². The SMILES string of the molecule is CCCNC(C(=O)OCC)c1ccc2c(c1)OCO2. The maximum absolute atomic E-state index is 12.0. The highest BCUT2D eigenvalue weighted by Gasteiger charge is 2.24. The Bertz CT molecular complexity index is 447. The summed E-state index contributed by atoms with van der Waals surface area (Å²) in [5.41, 5.74) is 0.830. The molecule has 5 nitrogen and oxygen atoms in total. The van der Waals surface area contributed by atoms with E-state index in [2.05, 4.69) is 12.2 Å². The van der Waals surface area contributed by atoms with Crippen LogP contribution in [0.3, 0.4) is 0 Å². The Morgan fingerprint density at radius 1 is 1.37 bits per heavy atom. The Hall–Kier alpha value is -1.75. The van der Waals surface area contributed by atoms with Gasteiger partial charge in [0.15, 0.2) is 11.5 Å². The lowest BCUT2D eigenvalue weighted by molar-refractivity contribution is -0.145. The van der Waals surface area contributed by atoms with Crippen LogP contribution in [-0.4, -0.2) is 25.9 Å². The van der Waals surface area contributed by atoms with Gasteiger partial charge < -0.3 is 19.5 Å². The number of fused-ring (bicyclic) bond motifs is 1. The Morgan fingerprint density at radius 3 is 2.89 bits per heavy atom. The molecule has 1 N–H and O–H groups in total. The first-order valence-corrected chi connectivity index (χ1v) is 6.55. The summed E-state index contributed by atoms with van der Waals surface area (Å²) >= 11 is 0. The van der Waals surface area contributed by atoms with E-state index in [1.807, 2.05) is 18.2 Å². The van der Waals surface area contributed by atoms with Gasteiger partial charge in [0.1, 0.15) is 6.04 Å². The summed E-state index contributed by atoms with van der Waals surface area (Å²) in [6.45, 7) is 5.19. The van der Waals surface area contributed by atoms with Crippen molar-refractivity contribution in [2.75, 3.05) is 19.9 Å². The van der Waals surface area contributed by atoms with Crippen molar-refractivity contribution in [2.24, 2.45) is 0 Å². The van der Waals surface area contributed by atoms with Crippen molar-refractivity contribution in [1.82, 2.24) is 5.32 Å². The van der Waals surface area contributed by atoms with Gasteiger partial charge in [-0.1, -0.05) is 13.0 Å². The number of nitrogens with one attached hydrogen (secondary N) is 1. The molecule has 0 radical (unpaired) electrons. The Kier molecular flexibility index (Phi) is 4.63. The van der Waals surface area contributed by atoms with Gasteiger partial charge in [0.25, 0.3) is 0 Å². The molecular formula is C14H19NO4. The average Bonchev–Trinajstić information content (AvgIpc) is 2.87. The highest BCUT2D eigenvalue weighted by atomic mass is 16.7. The smallest absolute Gasteiger partial charge is 0.327 e. The molecule has 2 rings (SSSR count). The molecular weight excluding hydrogens is 246 g/mol. The summed E-state index contributed by atoms with van der Waals surface area (Å²) in [4.78, 5) is 12.0. The molecule has 5 heteroatoms. The number of hydrogen-bond donors (Lipinski definition) is 1. The van der Waals surface area contributed by atoms with Crippen LogP contribution in [0.1, 0.15) is 31.9 Å². The second-order valence-corrected chi connectivity index (χ2v) is 4.25. The predicted octanol–water partition coefficient (Wildman–Crippen LogP) is 2.02. The zero-order chi connectivity index (χ0) is 13.7. The summed E-state index contributed by atoms with van der Waals surface area (Å²) in [7, 11) is 0. The van der Waals surface area contributed by atoms with Crippen LogP contribution in [-0.2, 0) is 9.53 Å². The van der Waals surface area contributed by atoms with E-state index in [1.54, 1.807) is 6.92 Å². The van der Waals surface area contributed by atoms with Crippen molar-refractivity contribution in [3.63, 3.8) is 0 Å². The van der Waals surface area contributed by atoms with E-state index in [0.29, 0.717) is 18.1 Å². The molecule has 0 bridgehead atoms. The molecule has 1 heterocycles. The third kappa shape index (κ3) is 3.17. The molecule has 0 amide bonds. The minimum Gasteiger partial charge on any atom is -0.465 e. The third-order valence-corrected chi connectivity index (χ3v) is 2.85. The Morgan fingerprint density at radius 2 is 2.16 bits per heavy atom. The molecule has 1 atom stereocenters. The predicted molar refractivity (Wildman–Crippen MR) is 70.2 cm³/mol. The van der Waals surface area contributed by atoms with E-state index >= 15 is 0 Å². The van der Waals surface area contributed by atoms with Crippen molar-refractivity contribution in [3.8, 4) is 11.5 Å². The standard InChI is InChI=1S/C14H19NO4/c1-3-7-15-13(14(16)17-4-2)10-5-6-11-12(8-10)19-9-18-11/h5-6,8,13,15H,3-4,7,9H2,1-2H3. The highest BCUT2D eigenvalue weighted by Crippen LogP contribution is 2.34. The minimum absolute atomic E-state index is 0.227. The lowest BCUT2D eigenvalue weighted by Crippen LogP contribution is -2.30. The van der Waals surface area contributed by atoms with Gasteiger partial charge in [0, 0.05) is 0 Å². The van der Waals surface area contributed by atoms with Crippen LogP contribution in [0.25, 0.3) is 0 Å². The van der Waals surface area contributed by atoms with Crippen LogP contribution in [0.4, 0.5) is 0 Å². The molecule has 0 saturated carbocycles. The lowest BCUT2D eigenvalue weighted by atomic mass is 10.1. The largest absolute Gasteiger partial charge is 0.465 e. The average molecular weight is 265 g/mol. The fourth-order valence-electron chi connectivity index (χ4n) is 1.94. The van der Waals surface area contributed by atoms with E-state index in [1.165, 1.54) is 0 Å². The summed E-state index contributed by atoms with van der Waals surface area (Å²) < 4.78 is 15.7. The van der Waals surface area contributed by atoms with Gasteiger partial charge in [-0.2, -0.15) is 0 Å². The molecule has 1 aliphatic heterocycles. The van der Waals surface area contributed by atoms with Gasteiger partial charge in [0.2, 0.25) is 6.79 Å². The van der Waals surface area contributed by atoms with E-state index in [9.17, 15) is 4.79 Å². The number of ether oxygens (including phenoxy) is 3. The molecule has 0 aromatic heterocycles. The maximum atomic E-state index is 12.0. The quantitative estimate of drug-likeness (QED) is 0.797. The fraction of sp³-hybridized carbons (Fsp3) is 0.500. The van der Waals surface area contributed by atoms with Crippen molar-refractivity contribution in [3.05, 3.63) is 23.8 Å². The van der Waals surface area contributed by atoms with E-state index < -0.39 is 6.04 Å². The number of esters is 1. The zero-order valence-corrected chi connectivity index (χ0v) is 11.3. The molecule has 0 fully saturated rings. The number of rotatable bonds is 6. The zero-order valence-electron chi connectivity index (χ0n) is 11.3. The Labute approximate surface area is 112 Å². The summed E-state index contributed by atoms with van der Waals surface area (Å²) in [5.74, 6) is 1.11. The first kappa shape index (κ1) is 13.7. The van der Waals surface area contributed by atoms with Crippen LogP contribution in [0.5, 0.6) is 11.5 Å². The van der Waals surface area contributed by atoms with Crippen LogP contribution in [0.15, 0.2) is 18.2 Å². The third-order valence-electron chi connectivity index (χ3n) is 2.85.